The molecule has 0 aliphatic rings. The van der Waals surface area contributed by atoms with Gasteiger partial charge in [0.15, 0.2) is 0 Å². The van der Waals surface area contributed by atoms with Crippen LogP contribution in [0.1, 0.15) is 6.42 Å². The van der Waals surface area contributed by atoms with E-state index in [9.17, 15) is 20.0 Å². The van der Waals surface area contributed by atoms with E-state index in [0.717, 1.165) is 0 Å². The lowest BCUT2D eigenvalue weighted by molar-refractivity contribution is -0.383. The van der Waals surface area contributed by atoms with E-state index in [1.807, 2.05) is 12.3 Å². The number of rotatable bonds is 7. The van der Waals surface area contributed by atoms with Gasteiger partial charge in [-0.05, 0) is 30.6 Å². The van der Waals surface area contributed by atoms with E-state index < -0.39 is 16.9 Å². The number of nitrogens with zero attached hydrogens (tertiary/aromatic N) is 2. The first-order valence-electron chi connectivity index (χ1n) is 7.97. The van der Waals surface area contributed by atoms with Crippen LogP contribution in [-0.2, 0) is 4.79 Å². The highest BCUT2D eigenvalue weighted by atomic mass is 35.5. The number of carboxylic acids is 1. The molecule has 0 saturated heterocycles. The topological polar surface area (TPSA) is 105 Å². The van der Waals surface area contributed by atoms with E-state index in [0.29, 0.717) is 39.7 Å². The summed E-state index contributed by atoms with van der Waals surface area (Å²) in [6, 6.07) is 11.0. The number of pyridine rings is 1. The zero-order chi connectivity index (χ0) is 18.7. The predicted octanol–water partition coefficient (Wildman–Crippen LogP) is 4.34. The Morgan fingerprint density at radius 2 is 1.96 bits per heavy atom. The number of para-hydroxylation sites is 1. The third-order valence-electron chi connectivity index (χ3n) is 4.11. The number of fused-ring (bicyclic) bond motifs is 2. The molecule has 7 nitrogen and oxygen atoms in total. The molecule has 0 fully saturated rings. The number of halogens is 1. The second-order valence-electron chi connectivity index (χ2n) is 5.75. The van der Waals surface area contributed by atoms with E-state index in [1.165, 1.54) is 6.07 Å². The van der Waals surface area contributed by atoms with Gasteiger partial charge in [0, 0.05) is 11.5 Å². The smallest absolute Gasteiger partial charge is 0.326 e. The molecule has 9 heteroatoms. The number of hydrogen-bond donors (Lipinski definition) is 2. The van der Waals surface area contributed by atoms with Crippen molar-refractivity contribution in [2.24, 2.45) is 0 Å². The number of aliphatic carboxylic acids is 1. The lowest BCUT2D eigenvalue weighted by Crippen LogP contribution is -2.30. The Balaban J connectivity index is 0.00000261. The number of carbonyl (C=O) groups is 1. The monoisotopic (exact) mass is 407 g/mol. The molecule has 1 heterocycles. The van der Waals surface area contributed by atoms with Crippen LogP contribution in [0.2, 0.25) is 0 Å². The number of carboxylic acid groups (broad SMARTS) is 1. The average molecular weight is 408 g/mol. The summed E-state index contributed by atoms with van der Waals surface area (Å²) in [5.74, 6) is -0.334. The largest absolute Gasteiger partial charge is 0.480 e. The highest BCUT2D eigenvalue weighted by Crippen LogP contribution is 2.37. The van der Waals surface area contributed by atoms with Crippen LogP contribution in [0.15, 0.2) is 42.5 Å². The van der Waals surface area contributed by atoms with Crippen molar-refractivity contribution in [3.63, 3.8) is 0 Å². The maximum absolute atomic E-state index is 11.7. The molecular formula is C18H18ClN3O4S. The van der Waals surface area contributed by atoms with Crippen molar-refractivity contribution in [1.82, 2.24) is 4.98 Å². The molecule has 27 heavy (non-hydrogen) atoms. The van der Waals surface area contributed by atoms with E-state index in [1.54, 1.807) is 42.1 Å². The Kier molecular flexibility index (Phi) is 6.81. The molecule has 2 aromatic carbocycles. The molecular weight excluding hydrogens is 390 g/mol. The molecule has 2 N–H and O–H groups in total. The van der Waals surface area contributed by atoms with Crippen molar-refractivity contribution in [1.29, 1.82) is 0 Å². The van der Waals surface area contributed by atoms with E-state index >= 15 is 0 Å². The summed E-state index contributed by atoms with van der Waals surface area (Å²) in [6.45, 7) is 0. The predicted molar refractivity (Wildman–Crippen MR) is 111 cm³/mol. The number of nitro benzene ring substituents is 1. The summed E-state index contributed by atoms with van der Waals surface area (Å²) in [5.41, 5.74) is 1.44. The molecule has 3 rings (SSSR count). The van der Waals surface area contributed by atoms with Gasteiger partial charge < -0.3 is 10.4 Å². The molecule has 0 amide bonds. The highest BCUT2D eigenvalue weighted by molar-refractivity contribution is 7.98. The van der Waals surface area contributed by atoms with Crippen LogP contribution < -0.4 is 5.32 Å². The van der Waals surface area contributed by atoms with Gasteiger partial charge in [-0.2, -0.15) is 11.8 Å². The minimum atomic E-state index is -0.994. The molecule has 0 saturated carbocycles. The van der Waals surface area contributed by atoms with Gasteiger partial charge in [0.2, 0.25) is 0 Å². The van der Waals surface area contributed by atoms with Crippen LogP contribution in [0.4, 0.5) is 11.4 Å². The fourth-order valence-corrected chi connectivity index (χ4v) is 3.37. The summed E-state index contributed by atoms with van der Waals surface area (Å²) in [5, 5.41) is 25.1. The van der Waals surface area contributed by atoms with Crippen molar-refractivity contribution in [2.75, 3.05) is 17.3 Å². The fourth-order valence-electron chi connectivity index (χ4n) is 2.89. The molecule has 3 aromatic rings. The van der Waals surface area contributed by atoms with Crippen molar-refractivity contribution < 1.29 is 14.8 Å². The molecule has 0 spiro atoms. The van der Waals surface area contributed by atoms with Gasteiger partial charge in [-0.1, -0.05) is 24.3 Å². The minimum Gasteiger partial charge on any atom is -0.480 e. The average Bonchev–Trinajstić information content (AvgIpc) is 2.63. The van der Waals surface area contributed by atoms with Gasteiger partial charge in [0.05, 0.1) is 21.6 Å². The fraction of sp³-hybridized carbons (Fsp3) is 0.222. The number of nitrogens with one attached hydrogen (secondary N) is 1. The van der Waals surface area contributed by atoms with Gasteiger partial charge in [0.1, 0.15) is 11.4 Å². The van der Waals surface area contributed by atoms with Crippen molar-refractivity contribution in [2.45, 2.75) is 12.5 Å². The van der Waals surface area contributed by atoms with E-state index in [4.69, 9.17) is 0 Å². The Labute approximate surface area is 165 Å². The SMILES string of the molecule is CSCCC(Nc1c2ccccc2nc2cccc([N+](=O)[O-])c12)C(=O)O.Cl. The molecule has 1 unspecified atom stereocenters. The maximum atomic E-state index is 11.7. The van der Waals surface area contributed by atoms with Gasteiger partial charge in [-0.15, -0.1) is 12.4 Å². The number of aromatic nitrogens is 1. The Hall–Kier alpha value is -2.58. The molecule has 1 aromatic heterocycles. The second kappa shape index (κ2) is 8.88. The zero-order valence-corrected chi connectivity index (χ0v) is 16.0. The molecule has 0 aliphatic heterocycles. The highest BCUT2D eigenvalue weighted by Gasteiger charge is 2.23. The maximum Gasteiger partial charge on any atom is 0.326 e. The van der Waals surface area contributed by atoms with Crippen LogP contribution in [0.25, 0.3) is 21.8 Å². The van der Waals surface area contributed by atoms with E-state index in [-0.39, 0.29) is 18.1 Å². The summed E-state index contributed by atoms with van der Waals surface area (Å²) < 4.78 is 0. The van der Waals surface area contributed by atoms with Crippen LogP contribution in [0.5, 0.6) is 0 Å². The minimum absolute atomic E-state index is 0. The van der Waals surface area contributed by atoms with Gasteiger partial charge in [0.25, 0.3) is 5.69 Å². The number of nitro groups is 1. The molecule has 142 valence electrons. The lowest BCUT2D eigenvalue weighted by atomic mass is 10.0. The van der Waals surface area contributed by atoms with Crippen molar-refractivity contribution in [3.8, 4) is 0 Å². The zero-order valence-electron chi connectivity index (χ0n) is 14.4. The van der Waals surface area contributed by atoms with Crippen LogP contribution in [-0.4, -0.2) is 39.0 Å². The standard InChI is InChI=1S/C18H17N3O4S.ClH/c1-26-10-9-14(18(22)23)20-17-11-5-2-3-6-12(11)19-13-7-4-8-15(16(13)17)21(24)25;/h2-8,14H,9-10H2,1H3,(H,19,20)(H,22,23);1H. The lowest BCUT2D eigenvalue weighted by Gasteiger charge is -2.18. The summed E-state index contributed by atoms with van der Waals surface area (Å²) >= 11 is 1.55. The van der Waals surface area contributed by atoms with Crippen molar-refractivity contribution in [3.05, 3.63) is 52.6 Å². The van der Waals surface area contributed by atoms with E-state index in [2.05, 4.69) is 10.3 Å². The number of anilines is 1. The quantitative estimate of drug-likeness (QED) is 0.341. The van der Waals surface area contributed by atoms with Crippen LogP contribution >= 0.6 is 24.2 Å². The summed E-state index contributed by atoms with van der Waals surface area (Å²) in [7, 11) is 0. The van der Waals surface area contributed by atoms with Gasteiger partial charge in [-0.25, -0.2) is 9.78 Å². The van der Waals surface area contributed by atoms with Crippen LogP contribution in [0.3, 0.4) is 0 Å². The number of non-ortho nitro benzene ring substituents is 1. The van der Waals surface area contributed by atoms with Crippen molar-refractivity contribution >= 4 is 63.3 Å². The number of benzene rings is 2. The summed E-state index contributed by atoms with van der Waals surface area (Å²) in [4.78, 5) is 27.2. The van der Waals surface area contributed by atoms with Crippen LogP contribution in [0, 0.1) is 10.1 Å². The van der Waals surface area contributed by atoms with Gasteiger partial charge >= 0.3 is 5.97 Å². The number of thioether (sulfide) groups is 1. The first kappa shape index (κ1) is 20.7. The second-order valence-corrected chi connectivity index (χ2v) is 6.73. The molecule has 0 bridgehead atoms. The summed E-state index contributed by atoms with van der Waals surface area (Å²) in [6.07, 6.45) is 2.30. The Morgan fingerprint density at radius 1 is 1.26 bits per heavy atom. The first-order valence-corrected chi connectivity index (χ1v) is 9.36. The Morgan fingerprint density at radius 3 is 2.63 bits per heavy atom. The number of hydrogen-bond acceptors (Lipinski definition) is 6. The first-order chi connectivity index (χ1) is 12.5. The van der Waals surface area contributed by atoms with Gasteiger partial charge in [-0.3, -0.25) is 10.1 Å². The Bertz CT molecular complexity index is 999. The molecule has 0 aliphatic carbocycles. The third-order valence-corrected chi connectivity index (χ3v) is 4.75. The molecule has 1 atom stereocenters. The molecule has 0 radical (unpaired) electrons. The normalized spacial score (nSPS) is 11.7. The third kappa shape index (κ3) is 4.23.